The van der Waals surface area contributed by atoms with Crippen LogP contribution in [-0.2, 0) is 0 Å². The Morgan fingerprint density at radius 2 is 2.00 bits per heavy atom. The first-order valence-electron chi connectivity index (χ1n) is 8.83. The van der Waals surface area contributed by atoms with Crippen LogP contribution in [0.4, 0.5) is 17.1 Å². The third-order valence-corrected chi connectivity index (χ3v) is 4.61. The van der Waals surface area contributed by atoms with Crippen LogP contribution >= 0.6 is 0 Å². The third-order valence-electron chi connectivity index (χ3n) is 4.61. The second-order valence-electron chi connectivity index (χ2n) is 6.43. The molecule has 0 bridgehead atoms. The molecular formula is C19H17N5O4. The predicted octanol–water partition coefficient (Wildman–Crippen LogP) is 3.50. The summed E-state index contributed by atoms with van der Waals surface area (Å²) < 4.78 is 5.15. The first-order chi connectivity index (χ1) is 13.6. The van der Waals surface area contributed by atoms with Gasteiger partial charge in [-0.05, 0) is 43.2 Å². The highest BCUT2D eigenvalue weighted by molar-refractivity contribution is 6.05. The zero-order valence-electron chi connectivity index (χ0n) is 14.9. The molecule has 1 aromatic heterocycles. The Balaban J connectivity index is 1.57. The van der Waals surface area contributed by atoms with Gasteiger partial charge in [0.05, 0.1) is 4.92 Å². The number of nitro groups is 1. The summed E-state index contributed by atoms with van der Waals surface area (Å²) in [4.78, 5) is 25.7. The van der Waals surface area contributed by atoms with E-state index in [-0.39, 0.29) is 11.3 Å². The second-order valence-corrected chi connectivity index (χ2v) is 6.43. The van der Waals surface area contributed by atoms with Crippen molar-refractivity contribution in [2.45, 2.75) is 12.8 Å². The van der Waals surface area contributed by atoms with Crippen molar-refractivity contribution in [2.24, 2.45) is 0 Å². The highest BCUT2D eigenvalue weighted by atomic mass is 16.6. The molecule has 2 heterocycles. The van der Waals surface area contributed by atoms with Crippen LogP contribution in [-0.4, -0.2) is 34.1 Å². The maximum atomic E-state index is 12.6. The van der Waals surface area contributed by atoms with Crippen LogP contribution in [0.15, 0.2) is 53.3 Å². The summed E-state index contributed by atoms with van der Waals surface area (Å²) in [6.07, 6.45) is 3.24. The fourth-order valence-electron chi connectivity index (χ4n) is 3.27. The van der Waals surface area contributed by atoms with Gasteiger partial charge in [-0.15, -0.1) is 10.2 Å². The first-order valence-corrected chi connectivity index (χ1v) is 8.83. The Labute approximate surface area is 160 Å². The molecule has 0 spiro atoms. The first kappa shape index (κ1) is 17.7. The Kier molecular flexibility index (Phi) is 4.71. The second kappa shape index (κ2) is 7.47. The van der Waals surface area contributed by atoms with E-state index in [9.17, 15) is 14.9 Å². The lowest BCUT2D eigenvalue weighted by Gasteiger charge is -2.17. The van der Waals surface area contributed by atoms with Gasteiger partial charge >= 0.3 is 0 Å². The smallest absolute Gasteiger partial charge is 0.293 e. The van der Waals surface area contributed by atoms with Crippen LogP contribution in [0, 0.1) is 10.1 Å². The minimum absolute atomic E-state index is 0.0610. The molecule has 0 saturated carbocycles. The predicted molar refractivity (Wildman–Crippen MR) is 102 cm³/mol. The molecule has 0 radical (unpaired) electrons. The van der Waals surface area contributed by atoms with E-state index in [4.69, 9.17) is 4.42 Å². The molecule has 28 heavy (non-hydrogen) atoms. The molecule has 2 aromatic carbocycles. The molecule has 1 aliphatic heterocycles. The normalized spacial score (nSPS) is 13.5. The van der Waals surface area contributed by atoms with E-state index < -0.39 is 10.8 Å². The lowest BCUT2D eigenvalue weighted by Crippen LogP contribution is -2.19. The number of carbonyl (C=O) groups excluding carboxylic acids is 1. The standard InChI is InChI=1S/C19H17N5O4/c25-18(21-15-5-3-4-14(10-15)19-22-20-12-28-19)13-6-7-16(17(11-13)24(26)27)23-8-1-2-9-23/h3-7,10-12H,1-2,8-9H2,(H,21,25). The van der Waals surface area contributed by atoms with E-state index in [0.29, 0.717) is 22.8 Å². The van der Waals surface area contributed by atoms with E-state index in [1.807, 2.05) is 4.90 Å². The molecule has 9 heteroatoms. The highest BCUT2D eigenvalue weighted by Gasteiger charge is 2.24. The molecule has 0 aliphatic carbocycles. The summed E-state index contributed by atoms with van der Waals surface area (Å²) in [6, 6.07) is 11.5. The lowest BCUT2D eigenvalue weighted by atomic mass is 10.1. The number of hydrogen-bond acceptors (Lipinski definition) is 7. The van der Waals surface area contributed by atoms with Gasteiger partial charge in [0, 0.05) is 36.0 Å². The molecule has 1 N–H and O–H groups in total. The molecule has 4 rings (SSSR count). The average Bonchev–Trinajstić information content (AvgIpc) is 3.41. The zero-order valence-corrected chi connectivity index (χ0v) is 14.9. The van der Waals surface area contributed by atoms with Crippen LogP contribution in [0.2, 0.25) is 0 Å². The summed E-state index contributed by atoms with van der Waals surface area (Å²) in [5.41, 5.74) is 1.89. The summed E-state index contributed by atoms with van der Waals surface area (Å²) in [6.45, 7) is 1.57. The van der Waals surface area contributed by atoms with Gasteiger partial charge in [-0.3, -0.25) is 14.9 Å². The molecule has 1 aliphatic rings. The molecule has 9 nitrogen and oxygen atoms in total. The molecule has 0 unspecified atom stereocenters. The van der Waals surface area contributed by atoms with Gasteiger partial charge in [0.15, 0.2) is 0 Å². The molecule has 1 fully saturated rings. The summed E-state index contributed by atoms with van der Waals surface area (Å²) in [5, 5.41) is 21.7. The van der Waals surface area contributed by atoms with E-state index >= 15 is 0 Å². The number of nitro benzene ring substituents is 1. The number of nitrogens with one attached hydrogen (secondary N) is 1. The molecule has 1 amide bonds. The van der Waals surface area contributed by atoms with Gasteiger partial charge in [-0.25, -0.2) is 0 Å². The molecule has 0 atom stereocenters. The molecular weight excluding hydrogens is 362 g/mol. The van der Waals surface area contributed by atoms with Crippen LogP contribution in [0.1, 0.15) is 23.2 Å². The number of nitrogens with zero attached hydrogens (tertiary/aromatic N) is 4. The van der Waals surface area contributed by atoms with Crippen LogP contribution < -0.4 is 10.2 Å². The number of aromatic nitrogens is 2. The molecule has 142 valence electrons. The quantitative estimate of drug-likeness (QED) is 0.533. The number of carbonyl (C=O) groups is 1. The number of amides is 1. The molecule has 1 saturated heterocycles. The monoisotopic (exact) mass is 379 g/mol. The Bertz CT molecular complexity index is 1010. The van der Waals surface area contributed by atoms with Crippen molar-refractivity contribution in [2.75, 3.05) is 23.3 Å². The lowest BCUT2D eigenvalue weighted by molar-refractivity contribution is -0.384. The van der Waals surface area contributed by atoms with Crippen molar-refractivity contribution in [3.8, 4) is 11.5 Å². The highest BCUT2D eigenvalue weighted by Crippen LogP contribution is 2.32. The van der Waals surface area contributed by atoms with Gasteiger partial charge < -0.3 is 14.6 Å². The zero-order chi connectivity index (χ0) is 19.5. The topological polar surface area (TPSA) is 114 Å². The fourth-order valence-corrected chi connectivity index (χ4v) is 3.27. The van der Waals surface area contributed by atoms with Crippen molar-refractivity contribution >= 4 is 23.0 Å². The van der Waals surface area contributed by atoms with E-state index in [1.165, 1.54) is 12.5 Å². The minimum atomic E-state index is -0.444. The Hall–Kier alpha value is -3.75. The SMILES string of the molecule is O=C(Nc1cccc(-c2nnco2)c1)c1ccc(N2CCCC2)c([N+](=O)[O-])c1. The van der Waals surface area contributed by atoms with E-state index in [1.54, 1.807) is 36.4 Å². The number of hydrogen-bond donors (Lipinski definition) is 1. The van der Waals surface area contributed by atoms with Gasteiger partial charge in [0.1, 0.15) is 5.69 Å². The summed E-state index contributed by atoms with van der Waals surface area (Å²) in [7, 11) is 0. The fraction of sp³-hybridized carbons (Fsp3) is 0.211. The maximum Gasteiger partial charge on any atom is 0.293 e. The Morgan fingerprint density at radius 3 is 2.71 bits per heavy atom. The summed E-state index contributed by atoms with van der Waals surface area (Å²) in [5.74, 6) is -0.0968. The van der Waals surface area contributed by atoms with Crippen LogP contribution in [0.5, 0.6) is 0 Å². The number of rotatable bonds is 5. The van der Waals surface area contributed by atoms with Gasteiger partial charge in [0.2, 0.25) is 12.3 Å². The maximum absolute atomic E-state index is 12.6. The van der Waals surface area contributed by atoms with E-state index in [0.717, 1.165) is 25.9 Å². The van der Waals surface area contributed by atoms with Crippen LogP contribution in [0.3, 0.4) is 0 Å². The van der Waals surface area contributed by atoms with Gasteiger partial charge in [-0.2, -0.15) is 0 Å². The minimum Gasteiger partial charge on any atom is -0.423 e. The largest absolute Gasteiger partial charge is 0.423 e. The summed E-state index contributed by atoms with van der Waals surface area (Å²) >= 11 is 0. The molecule has 3 aromatic rings. The van der Waals surface area contributed by atoms with Crippen molar-refractivity contribution in [3.05, 3.63) is 64.5 Å². The number of benzene rings is 2. The van der Waals surface area contributed by atoms with Crippen molar-refractivity contribution in [1.29, 1.82) is 0 Å². The number of anilines is 2. The third kappa shape index (κ3) is 3.54. The van der Waals surface area contributed by atoms with E-state index in [2.05, 4.69) is 15.5 Å². The van der Waals surface area contributed by atoms with Crippen LogP contribution in [0.25, 0.3) is 11.5 Å². The van der Waals surface area contributed by atoms with Gasteiger partial charge in [-0.1, -0.05) is 6.07 Å². The van der Waals surface area contributed by atoms with Crippen molar-refractivity contribution in [1.82, 2.24) is 10.2 Å². The average molecular weight is 379 g/mol. The Morgan fingerprint density at radius 1 is 1.18 bits per heavy atom. The van der Waals surface area contributed by atoms with Crippen molar-refractivity contribution in [3.63, 3.8) is 0 Å². The van der Waals surface area contributed by atoms with Gasteiger partial charge in [0.25, 0.3) is 11.6 Å². The van der Waals surface area contributed by atoms with Crippen molar-refractivity contribution < 1.29 is 14.1 Å².